The molecule has 0 unspecified atom stereocenters. The van der Waals surface area contributed by atoms with Crippen LogP contribution in [0.4, 0.5) is 20.4 Å². The quantitative estimate of drug-likeness (QED) is 0.872. The maximum Gasteiger partial charge on any atom is 0.263 e. The third kappa shape index (κ3) is 3.99. The molecule has 1 atom stereocenters. The molecule has 1 N–H and O–H groups in total. The second kappa shape index (κ2) is 7.09. The van der Waals surface area contributed by atoms with Crippen LogP contribution in [0.15, 0.2) is 34.9 Å². The van der Waals surface area contributed by atoms with Crippen molar-refractivity contribution in [3.63, 3.8) is 0 Å². The number of nitrogens with one attached hydrogen (secondary N) is 1. The number of anilines is 2. The molecule has 0 saturated carbocycles. The Labute approximate surface area is 155 Å². The van der Waals surface area contributed by atoms with E-state index < -0.39 is 18.4 Å². The minimum absolute atomic E-state index is 0.136. The van der Waals surface area contributed by atoms with Crippen LogP contribution in [0.25, 0.3) is 0 Å². The fourth-order valence-electron chi connectivity index (χ4n) is 2.93. The summed E-state index contributed by atoms with van der Waals surface area (Å²) in [7, 11) is 0. The lowest BCUT2D eigenvalue weighted by Crippen LogP contribution is -2.41. The first-order valence-corrected chi connectivity index (χ1v) is 8.65. The van der Waals surface area contributed by atoms with Crippen LogP contribution in [0.2, 0.25) is 0 Å². The van der Waals surface area contributed by atoms with Gasteiger partial charge in [0.2, 0.25) is 17.7 Å². The lowest BCUT2D eigenvalue weighted by molar-refractivity contribution is -0.120. The van der Waals surface area contributed by atoms with Gasteiger partial charge in [-0.2, -0.15) is 0 Å². The van der Waals surface area contributed by atoms with E-state index in [9.17, 15) is 18.4 Å². The number of hydrogen-bond donors (Lipinski definition) is 1. The second-order valence-electron chi connectivity index (χ2n) is 7.53. The van der Waals surface area contributed by atoms with Crippen molar-refractivity contribution in [3.05, 3.63) is 41.6 Å². The molecule has 2 aromatic rings. The van der Waals surface area contributed by atoms with Gasteiger partial charge in [-0.15, -0.1) is 0 Å². The molecular formula is C19H21F2N3O3. The Hall–Kier alpha value is -2.77. The number of amides is 2. The van der Waals surface area contributed by atoms with E-state index in [-0.39, 0.29) is 29.2 Å². The molecule has 2 amide bonds. The Morgan fingerprint density at radius 3 is 2.52 bits per heavy atom. The van der Waals surface area contributed by atoms with Gasteiger partial charge in [-0.25, -0.2) is 8.78 Å². The van der Waals surface area contributed by atoms with E-state index in [2.05, 4.69) is 10.5 Å². The maximum atomic E-state index is 12.7. The summed E-state index contributed by atoms with van der Waals surface area (Å²) in [6.07, 6.45) is -2.05. The van der Waals surface area contributed by atoms with Crippen molar-refractivity contribution in [3.8, 4) is 0 Å². The zero-order valence-electron chi connectivity index (χ0n) is 15.3. The Morgan fingerprint density at radius 2 is 1.96 bits per heavy atom. The van der Waals surface area contributed by atoms with Crippen LogP contribution in [0.3, 0.4) is 0 Å². The third-order valence-electron chi connectivity index (χ3n) is 4.46. The van der Waals surface area contributed by atoms with E-state index in [0.717, 1.165) is 0 Å². The highest BCUT2D eigenvalue weighted by atomic mass is 19.3. The minimum Gasteiger partial charge on any atom is -0.338 e. The molecule has 1 fully saturated rings. The molecule has 8 heteroatoms. The Morgan fingerprint density at radius 1 is 1.30 bits per heavy atom. The molecule has 0 aliphatic carbocycles. The van der Waals surface area contributed by atoms with Crippen LogP contribution in [-0.4, -0.2) is 23.0 Å². The number of carbonyl (C=O) groups is 2. The van der Waals surface area contributed by atoms with Gasteiger partial charge in [-0.1, -0.05) is 38.1 Å². The second-order valence-corrected chi connectivity index (χ2v) is 7.53. The predicted octanol–water partition coefficient (Wildman–Crippen LogP) is 4.04. The van der Waals surface area contributed by atoms with E-state index in [1.54, 1.807) is 6.07 Å². The minimum atomic E-state index is -2.59. The molecule has 1 saturated heterocycles. The number of alkyl halides is 2. The SMILES string of the molecule is CC(C)(C)c1cc(NC(=O)[C@@H]2CCC(=O)N2c2ccc(C(F)F)cc2)on1. The lowest BCUT2D eigenvalue weighted by atomic mass is 9.92. The van der Waals surface area contributed by atoms with Crippen molar-refractivity contribution >= 4 is 23.4 Å². The zero-order chi connectivity index (χ0) is 19.8. The summed E-state index contributed by atoms with van der Waals surface area (Å²) >= 11 is 0. The van der Waals surface area contributed by atoms with Gasteiger partial charge in [0.25, 0.3) is 6.43 Å². The average Bonchev–Trinajstić information content (AvgIpc) is 3.21. The highest BCUT2D eigenvalue weighted by Crippen LogP contribution is 2.30. The van der Waals surface area contributed by atoms with Crippen LogP contribution in [0, 0.1) is 0 Å². The van der Waals surface area contributed by atoms with E-state index in [0.29, 0.717) is 17.8 Å². The first kappa shape index (κ1) is 19.0. The van der Waals surface area contributed by atoms with Crippen molar-refractivity contribution in [2.45, 2.75) is 51.5 Å². The molecule has 1 aromatic carbocycles. The highest BCUT2D eigenvalue weighted by Gasteiger charge is 2.37. The molecule has 3 rings (SSSR count). The molecule has 144 valence electrons. The molecule has 1 aliphatic heterocycles. The largest absolute Gasteiger partial charge is 0.338 e. The number of hydrogen-bond acceptors (Lipinski definition) is 4. The summed E-state index contributed by atoms with van der Waals surface area (Å²) < 4.78 is 30.6. The highest BCUT2D eigenvalue weighted by molar-refractivity contribution is 6.07. The summed E-state index contributed by atoms with van der Waals surface area (Å²) in [6.45, 7) is 5.91. The topological polar surface area (TPSA) is 75.4 Å². The zero-order valence-corrected chi connectivity index (χ0v) is 15.3. The van der Waals surface area contributed by atoms with Crippen molar-refractivity contribution in [1.82, 2.24) is 5.16 Å². The average molecular weight is 377 g/mol. The predicted molar refractivity (Wildman–Crippen MR) is 95.7 cm³/mol. The van der Waals surface area contributed by atoms with Gasteiger partial charge < -0.3 is 4.52 Å². The molecule has 1 aromatic heterocycles. The first-order chi connectivity index (χ1) is 12.7. The van der Waals surface area contributed by atoms with E-state index in [1.807, 2.05) is 20.8 Å². The first-order valence-electron chi connectivity index (χ1n) is 8.65. The summed E-state index contributed by atoms with van der Waals surface area (Å²) in [5, 5.41) is 6.59. The standard InChI is InChI=1S/C19H21F2N3O3/c1-19(2,3)14-10-15(27-23-14)22-18(26)13-8-9-16(25)24(13)12-6-4-11(5-7-12)17(20)21/h4-7,10,13,17H,8-9H2,1-3H3,(H,22,26)/t13-/m0/s1. The normalized spacial score (nSPS) is 17.6. The molecule has 0 spiro atoms. The molecule has 0 radical (unpaired) electrons. The van der Waals surface area contributed by atoms with Crippen LogP contribution in [-0.2, 0) is 15.0 Å². The van der Waals surface area contributed by atoms with Crippen LogP contribution in [0.1, 0.15) is 51.3 Å². The van der Waals surface area contributed by atoms with Crippen LogP contribution >= 0.6 is 0 Å². The molecular weight excluding hydrogens is 356 g/mol. The van der Waals surface area contributed by atoms with Crippen LogP contribution < -0.4 is 10.2 Å². The van der Waals surface area contributed by atoms with Gasteiger partial charge >= 0.3 is 0 Å². The smallest absolute Gasteiger partial charge is 0.263 e. The number of rotatable bonds is 4. The fraction of sp³-hybridized carbons (Fsp3) is 0.421. The number of halogens is 2. The Bertz CT molecular complexity index is 841. The summed E-state index contributed by atoms with van der Waals surface area (Å²) in [5.41, 5.74) is 0.742. The maximum absolute atomic E-state index is 12.7. The molecule has 6 nitrogen and oxygen atoms in total. The molecule has 1 aliphatic rings. The lowest BCUT2D eigenvalue weighted by Gasteiger charge is -2.24. The van der Waals surface area contributed by atoms with Gasteiger partial charge in [0.15, 0.2) is 0 Å². The number of nitrogens with zero attached hydrogens (tertiary/aromatic N) is 2. The van der Waals surface area contributed by atoms with Gasteiger partial charge in [0.1, 0.15) is 6.04 Å². The molecule has 0 bridgehead atoms. The van der Waals surface area contributed by atoms with Gasteiger partial charge in [0.05, 0.1) is 5.69 Å². The Balaban J connectivity index is 1.77. The number of benzene rings is 1. The Kier molecular flexibility index (Phi) is 4.99. The van der Waals surface area contributed by atoms with Gasteiger partial charge in [-0.3, -0.25) is 19.8 Å². The van der Waals surface area contributed by atoms with Crippen molar-refractivity contribution < 1.29 is 22.9 Å². The summed E-state index contributed by atoms with van der Waals surface area (Å²) in [6, 6.07) is 6.28. The summed E-state index contributed by atoms with van der Waals surface area (Å²) in [5.74, 6) is -0.430. The van der Waals surface area contributed by atoms with E-state index >= 15 is 0 Å². The van der Waals surface area contributed by atoms with Crippen LogP contribution in [0.5, 0.6) is 0 Å². The fourth-order valence-corrected chi connectivity index (χ4v) is 2.93. The molecule has 2 heterocycles. The van der Waals surface area contributed by atoms with Crippen molar-refractivity contribution in [2.24, 2.45) is 0 Å². The number of aromatic nitrogens is 1. The van der Waals surface area contributed by atoms with Gasteiger partial charge in [-0.05, 0) is 18.6 Å². The van der Waals surface area contributed by atoms with E-state index in [4.69, 9.17) is 4.52 Å². The number of carbonyl (C=O) groups excluding carboxylic acids is 2. The molecule has 27 heavy (non-hydrogen) atoms. The van der Waals surface area contributed by atoms with Gasteiger partial charge in [0, 0.05) is 29.2 Å². The monoisotopic (exact) mass is 377 g/mol. The third-order valence-corrected chi connectivity index (χ3v) is 4.46. The summed E-state index contributed by atoms with van der Waals surface area (Å²) in [4.78, 5) is 26.3. The van der Waals surface area contributed by atoms with E-state index in [1.165, 1.54) is 29.2 Å². The van der Waals surface area contributed by atoms with Crippen molar-refractivity contribution in [2.75, 3.05) is 10.2 Å². The van der Waals surface area contributed by atoms with Crippen molar-refractivity contribution in [1.29, 1.82) is 0 Å².